The molecular formula is C14H21N3O2S. The number of hydrogen-bond acceptors (Lipinski definition) is 4. The fraction of sp³-hybridized carbons (Fsp3) is 0.500. The highest BCUT2D eigenvalue weighted by molar-refractivity contribution is 7.85. The van der Waals surface area contributed by atoms with Gasteiger partial charge in [-0.1, -0.05) is 0 Å². The highest BCUT2D eigenvalue weighted by atomic mass is 32.2. The van der Waals surface area contributed by atoms with Crippen LogP contribution in [-0.2, 0) is 10.8 Å². The number of benzene rings is 1. The lowest BCUT2D eigenvalue weighted by atomic mass is 10.1. The van der Waals surface area contributed by atoms with E-state index in [9.17, 15) is 9.00 Å². The Balaban J connectivity index is 2.06. The topological polar surface area (TPSA) is 75.4 Å². The van der Waals surface area contributed by atoms with Gasteiger partial charge in [-0.15, -0.1) is 0 Å². The number of anilines is 2. The van der Waals surface area contributed by atoms with Gasteiger partial charge in [-0.05, 0) is 31.0 Å². The van der Waals surface area contributed by atoms with Crippen LogP contribution in [0.4, 0.5) is 11.4 Å². The van der Waals surface area contributed by atoms with Crippen LogP contribution in [-0.4, -0.2) is 46.7 Å². The summed E-state index contributed by atoms with van der Waals surface area (Å²) in [6.45, 7) is 0. The van der Waals surface area contributed by atoms with Crippen LogP contribution in [0.25, 0.3) is 0 Å². The Hall–Kier alpha value is -1.56. The fourth-order valence-corrected chi connectivity index (χ4v) is 3.54. The lowest BCUT2D eigenvalue weighted by Gasteiger charge is -2.24. The Morgan fingerprint density at radius 3 is 2.55 bits per heavy atom. The molecule has 1 aliphatic heterocycles. The Bertz CT molecular complexity index is 521. The van der Waals surface area contributed by atoms with E-state index >= 15 is 0 Å². The molecule has 0 radical (unpaired) electrons. The molecule has 110 valence electrons. The van der Waals surface area contributed by atoms with Crippen LogP contribution in [0.2, 0.25) is 0 Å². The predicted molar refractivity (Wildman–Crippen MR) is 83.4 cm³/mol. The summed E-state index contributed by atoms with van der Waals surface area (Å²) in [7, 11) is 2.77. The Morgan fingerprint density at radius 2 is 2.00 bits per heavy atom. The van der Waals surface area contributed by atoms with Gasteiger partial charge in [-0.25, -0.2) is 0 Å². The molecule has 1 aromatic carbocycles. The van der Waals surface area contributed by atoms with Crippen LogP contribution in [0.15, 0.2) is 18.2 Å². The largest absolute Gasteiger partial charge is 0.397 e. The van der Waals surface area contributed by atoms with E-state index < -0.39 is 10.8 Å². The third-order valence-corrected chi connectivity index (χ3v) is 4.83. The highest BCUT2D eigenvalue weighted by Gasteiger charge is 2.18. The molecule has 5 nitrogen and oxygen atoms in total. The molecule has 1 fully saturated rings. The first-order chi connectivity index (χ1) is 9.47. The van der Waals surface area contributed by atoms with Crippen molar-refractivity contribution in [1.29, 1.82) is 0 Å². The van der Waals surface area contributed by atoms with Crippen LogP contribution in [0, 0.1) is 0 Å². The van der Waals surface area contributed by atoms with E-state index in [4.69, 9.17) is 5.73 Å². The van der Waals surface area contributed by atoms with Gasteiger partial charge in [-0.2, -0.15) is 0 Å². The number of nitrogens with zero attached hydrogens (tertiary/aromatic N) is 1. The van der Waals surface area contributed by atoms with Crippen molar-refractivity contribution in [2.45, 2.75) is 18.9 Å². The molecule has 1 aliphatic rings. The molecule has 0 spiro atoms. The second kappa shape index (κ2) is 6.26. The van der Waals surface area contributed by atoms with Gasteiger partial charge in [0.25, 0.3) is 5.91 Å². The van der Waals surface area contributed by atoms with Crippen LogP contribution in [0.3, 0.4) is 0 Å². The molecule has 0 aromatic heterocycles. The molecule has 3 N–H and O–H groups in total. The van der Waals surface area contributed by atoms with Crippen molar-refractivity contribution >= 4 is 28.1 Å². The van der Waals surface area contributed by atoms with Gasteiger partial charge in [0, 0.05) is 48.0 Å². The normalized spacial score (nSPS) is 22.3. The average molecular weight is 295 g/mol. The number of carbonyl (C=O) groups excluding carboxylic acids is 1. The summed E-state index contributed by atoms with van der Waals surface area (Å²) in [5, 5.41) is 3.38. The molecule has 0 bridgehead atoms. The van der Waals surface area contributed by atoms with E-state index in [1.807, 2.05) is 6.07 Å². The zero-order chi connectivity index (χ0) is 14.7. The van der Waals surface area contributed by atoms with Crippen LogP contribution in [0.5, 0.6) is 0 Å². The van der Waals surface area contributed by atoms with Crippen molar-refractivity contribution < 1.29 is 9.00 Å². The Kier molecular flexibility index (Phi) is 4.65. The van der Waals surface area contributed by atoms with Gasteiger partial charge in [0.2, 0.25) is 0 Å². The van der Waals surface area contributed by atoms with Gasteiger partial charge >= 0.3 is 0 Å². The minimum atomic E-state index is -0.661. The number of nitrogens with one attached hydrogen (secondary N) is 1. The number of nitrogen functional groups attached to an aromatic ring is 1. The van der Waals surface area contributed by atoms with Crippen molar-refractivity contribution in [3.8, 4) is 0 Å². The monoisotopic (exact) mass is 295 g/mol. The quantitative estimate of drug-likeness (QED) is 0.824. The number of carbonyl (C=O) groups is 1. The van der Waals surface area contributed by atoms with Crippen LogP contribution < -0.4 is 11.1 Å². The molecule has 20 heavy (non-hydrogen) atoms. The zero-order valence-electron chi connectivity index (χ0n) is 11.9. The molecule has 2 rings (SSSR count). The second-order valence-corrected chi connectivity index (χ2v) is 6.96. The van der Waals surface area contributed by atoms with Crippen molar-refractivity contribution in [3.05, 3.63) is 23.8 Å². The summed E-state index contributed by atoms with van der Waals surface area (Å²) in [4.78, 5) is 13.4. The van der Waals surface area contributed by atoms with Gasteiger partial charge in [0.05, 0.1) is 11.4 Å². The zero-order valence-corrected chi connectivity index (χ0v) is 12.7. The van der Waals surface area contributed by atoms with Gasteiger partial charge in [-0.3, -0.25) is 9.00 Å². The lowest BCUT2D eigenvalue weighted by Crippen LogP contribution is -2.29. The minimum absolute atomic E-state index is 0.0590. The molecule has 0 aliphatic carbocycles. The summed E-state index contributed by atoms with van der Waals surface area (Å²) >= 11 is 0. The first-order valence-electron chi connectivity index (χ1n) is 6.70. The Labute approximate surface area is 122 Å². The van der Waals surface area contributed by atoms with Crippen molar-refractivity contribution in [1.82, 2.24) is 4.90 Å². The number of rotatable bonds is 3. The second-order valence-electron chi connectivity index (χ2n) is 5.27. The first-order valence-corrected chi connectivity index (χ1v) is 8.19. The van der Waals surface area contributed by atoms with Crippen molar-refractivity contribution in [3.63, 3.8) is 0 Å². The van der Waals surface area contributed by atoms with Gasteiger partial charge < -0.3 is 16.0 Å². The summed E-state index contributed by atoms with van der Waals surface area (Å²) in [5.74, 6) is 1.43. The number of amides is 1. The Morgan fingerprint density at radius 1 is 1.35 bits per heavy atom. The van der Waals surface area contributed by atoms with E-state index in [1.165, 1.54) is 4.90 Å². The maximum atomic E-state index is 11.9. The summed E-state index contributed by atoms with van der Waals surface area (Å²) in [6, 6.07) is 5.64. The summed E-state index contributed by atoms with van der Waals surface area (Å²) in [6.07, 6.45) is 1.79. The summed E-state index contributed by atoms with van der Waals surface area (Å²) < 4.78 is 11.3. The summed E-state index contributed by atoms with van der Waals surface area (Å²) in [5.41, 5.74) is 8.02. The van der Waals surface area contributed by atoms with Crippen molar-refractivity contribution in [2.75, 3.05) is 36.7 Å². The van der Waals surface area contributed by atoms with Gasteiger partial charge in [0.15, 0.2) is 0 Å². The molecule has 1 heterocycles. The minimum Gasteiger partial charge on any atom is -0.397 e. The molecule has 0 unspecified atom stereocenters. The lowest BCUT2D eigenvalue weighted by molar-refractivity contribution is 0.0827. The van der Waals surface area contributed by atoms with Crippen molar-refractivity contribution in [2.24, 2.45) is 0 Å². The maximum absolute atomic E-state index is 11.9. The third-order valence-electron chi connectivity index (χ3n) is 3.45. The standard InChI is InChI=1S/C14H21N3O2S/c1-17(2)14(18)10-3-4-13(12(15)9-10)16-11-5-7-20(19)8-6-11/h3-4,9,11,16H,5-8,15H2,1-2H3. The smallest absolute Gasteiger partial charge is 0.253 e. The SMILES string of the molecule is CN(C)C(=O)c1ccc(NC2CCS(=O)CC2)c(N)c1. The number of nitrogens with two attached hydrogens (primary N) is 1. The van der Waals surface area contributed by atoms with E-state index in [-0.39, 0.29) is 5.91 Å². The average Bonchev–Trinajstić information content (AvgIpc) is 2.42. The molecule has 0 saturated carbocycles. The molecule has 0 atom stereocenters. The fourth-order valence-electron chi connectivity index (χ4n) is 2.24. The first kappa shape index (κ1) is 14.8. The van der Waals surface area contributed by atoms with Gasteiger partial charge in [0.1, 0.15) is 0 Å². The van der Waals surface area contributed by atoms with Crippen LogP contribution >= 0.6 is 0 Å². The maximum Gasteiger partial charge on any atom is 0.253 e. The van der Waals surface area contributed by atoms with E-state index in [0.29, 0.717) is 17.3 Å². The van der Waals surface area contributed by atoms with Crippen LogP contribution in [0.1, 0.15) is 23.2 Å². The third kappa shape index (κ3) is 3.50. The van der Waals surface area contributed by atoms with E-state index in [0.717, 1.165) is 30.0 Å². The molecular weight excluding hydrogens is 274 g/mol. The predicted octanol–water partition coefficient (Wildman–Crippen LogP) is 1.29. The highest BCUT2D eigenvalue weighted by Crippen LogP contribution is 2.24. The molecule has 1 aromatic rings. The molecule has 1 amide bonds. The van der Waals surface area contributed by atoms with E-state index in [2.05, 4.69) is 5.32 Å². The molecule has 1 saturated heterocycles. The van der Waals surface area contributed by atoms with E-state index in [1.54, 1.807) is 26.2 Å². The molecule has 6 heteroatoms. The number of hydrogen-bond donors (Lipinski definition) is 2.